The molecule has 0 spiro atoms. The van der Waals surface area contributed by atoms with E-state index in [0.29, 0.717) is 10.6 Å². The minimum absolute atomic E-state index is 0.105. The van der Waals surface area contributed by atoms with Gasteiger partial charge in [0.05, 0.1) is 6.54 Å². The zero-order chi connectivity index (χ0) is 16.4. The van der Waals surface area contributed by atoms with Gasteiger partial charge >= 0.3 is 0 Å². The molecule has 3 aromatic rings. The number of aryl methyl sites for hydroxylation is 1. The highest BCUT2D eigenvalue weighted by molar-refractivity contribution is 6.31. The van der Waals surface area contributed by atoms with Crippen LogP contribution < -0.4 is 5.32 Å². The third kappa shape index (κ3) is 3.37. The Morgan fingerprint density at radius 1 is 1.35 bits per heavy atom. The minimum atomic E-state index is -0.424. The number of benzene rings is 1. The summed E-state index contributed by atoms with van der Waals surface area (Å²) in [4.78, 5) is 15.9. The van der Waals surface area contributed by atoms with E-state index < -0.39 is 11.7 Å². The van der Waals surface area contributed by atoms with Crippen LogP contribution >= 0.6 is 11.6 Å². The fourth-order valence-corrected chi connectivity index (χ4v) is 2.20. The van der Waals surface area contributed by atoms with Gasteiger partial charge in [0.25, 0.3) is 5.91 Å². The maximum atomic E-state index is 13.8. The molecule has 0 aliphatic carbocycles. The number of carbonyl (C=O) groups excluding carboxylic acids is 1. The lowest BCUT2D eigenvalue weighted by Gasteiger charge is -2.05. The topological polar surface area (TPSA) is 77.6 Å². The molecular formula is C14H12ClFN6O. The van der Waals surface area contributed by atoms with Crippen molar-refractivity contribution in [1.29, 1.82) is 0 Å². The van der Waals surface area contributed by atoms with E-state index >= 15 is 0 Å². The molecule has 0 aliphatic heterocycles. The van der Waals surface area contributed by atoms with Gasteiger partial charge in [0, 0.05) is 23.8 Å². The van der Waals surface area contributed by atoms with E-state index in [1.54, 1.807) is 25.4 Å². The van der Waals surface area contributed by atoms with Gasteiger partial charge in [0.1, 0.15) is 12.1 Å². The molecule has 0 saturated carbocycles. The predicted molar refractivity (Wildman–Crippen MR) is 81.7 cm³/mol. The Bertz CT molecular complexity index is 838. The molecule has 0 atom stereocenters. The molecule has 2 aromatic heterocycles. The summed E-state index contributed by atoms with van der Waals surface area (Å²) >= 11 is 5.97. The van der Waals surface area contributed by atoms with E-state index in [1.807, 2.05) is 0 Å². The Balaban J connectivity index is 1.72. The maximum absolute atomic E-state index is 13.8. The third-order valence-electron chi connectivity index (χ3n) is 3.09. The number of amides is 1. The second kappa shape index (κ2) is 6.17. The molecule has 3 rings (SSSR count). The van der Waals surface area contributed by atoms with Crippen LogP contribution in [0.25, 0.3) is 0 Å². The number of hydrogen-bond donors (Lipinski definition) is 1. The first-order valence-electron chi connectivity index (χ1n) is 6.66. The summed E-state index contributed by atoms with van der Waals surface area (Å²) in [5.41, 5.74) is 0.558. The molecule has 0 radical (unpaired) electrons. The quantitative estimate of drug-likeness (QED) is 0.792. The average molecular weight is 335 g/mol. The van der Waals surface area contributed by atoms with Crippen molar-refractivity contribution in [2.45, 2.75) is 6.54 Å². The van der Waals surface area contributed by atoms with E-state index in [9.17, 15) is 9.18 Å². The van der Waals surface area contributed by atoms with Gasteiger partial charge in [-0.3, -0.25) is 14.8 Å². The molecule has 2 heterocycles. The summed E-state index contributed by atoms with van der Waals surface area (Å²) in [6.45, 7) is 0.109. The number of halogens is 2. The van der Waals surface area contributed by atoms with Gasteiger partial charge in [0.15, 0.2) is 5.69 Å². The number of aromatic nitrogens is 5. The Morgan fingerprint density at radius 3 is 2.87 bits per heavy atom. The molecule has 0 bridgehead atoms. The van der Waals surface area contributed by atoms with Crippen LogP contribution in [0.2, 0.25) is 5.02 Å². The summed E-state index contributed by atoms with van der Waals surface area (Å²) in [6.07, 6.45) is 3.04. The van der Waals surface area contributed by atoms with Gasteiger partial charge in [-0.05, 0) is 18.2 Å². The molecule has 0 aliphatic rings. The Kier molecular flexibility index (Phi) is 4.07. The number of rotatable bonds is 4. The van der Waals surface area contributed by atoms with Crippen LogP contribution in [0.5, 0.6) is 0 Å². The van der Waals surface area contributed by atoms with Crippen LogP contribution in [0, 0.1) is 5.82 Å². The number of nitrogens with one attached hydrogen (secondary N) is 1. The predicted octanol–water partition coefficient (Wildman–Crippen LogP) is 2.10. The van der Waals surface area contributed by atoms with Crippen LogP contribution in [-0.2, 0) is 13.6 Å². The lowest BCUT2D eigenvalue weighted by atomic mass is 10.2. The smallest absolute Gasteiger partial charge is 0.278 e. The van der Waals surface area contributed by atoms with Crippen molar-refractivity contribution in [1.82, 2.24) is 24.5 Å². The van der Waals surface area contributed by atoms with E-state index in [1.165, 1.54) is 27.8 Å². The average Bonchev–Trinajstić information content (AvgIpc) is 3.12. The first-order chi connectivity index (χ1) is 11.0. The summed E-state index contributed by atoms with van der Waals surface area (Å²) in [6, 6.07) is 6.02. The zero-order valence-electron chi connectivity index (χ0n) is 12.1. The van der Waals surface area contributed by atoms with Crippen LogP contribution in [0.4, 0.5) is 10.3 Å². The summed E-state index contributed by atoms with van der Waals surface area (Å²) in [5, 5.41) is 10.9. The van der Waals surface area contributed by atoms with Gasteiger partial charge < -0.3 is 0 Å². The molecular weight excluding hydrogens is 323 g/mol. The number of anilines is 1. The number of carbonyl (C=O) groups is 1. The van der Waals surface area contributed by atoms with Crippen molar-refractivity contribution in [2.75, 3.05) is 5.32 Å². The first kappa shape index (κ1) is 15.2. The normalized spacial score (nSPS) is 10.7. The van der Waals surface area contributed by atoms with Crippen molar-refractivity contribution in [3.05, 3.63) is 58.9 Å². The second-order valence-electron chi connectivity index (χ2n) is 4.79. The van der Waals surface area contributed by atoms with Crippen molar-refractivity contribution in [3.8, 4) is 0 Å². The molecule has 118 valence electrons. The van der Waals surface area contributed by atoms with E-state index in [-0.39, 0.29) is 18.2 Å². The van der Waals surface area contributed by atoms with Gasteiger partial charge in [0.2, 0.25) is 5.95 Å². The van der Waals surface area contributed by atoms with Gasteiger partial charge in [-0.1, -0.05) is 17.7 Å². The molecule has 7 nitrogen and oxygen atoms in total. The highest BCUT2D eigenvalue weighted by atomic mass is 35.5. The fourth-order valence-electron chi connectivity index (χ4n) is 1.98. The standard InChI is InChI=1S/C14H12ClFN6O/c1-21-6-5-12(19-21)13(23)18-14-17-8-22(20-14)7-9-10(15)3-2-4-11(9)16/h2-6,8H,7H2,1H3,(H,18,20,23). The van der Waals surface area contributed by atoms with Crippen molar-refractivity contribution >= 4 is 23.5 Å². The maximum Gasteiger partial charge on any atom is 0.278 e. The largest absolute Gasteiger partial charge is 0.288 e. The summed E-state index contributed by atoms with van der Waals surface area (Å²) in [5.74, 6) is -0.743. The monoisotopic (exact) mass is 334 g/mol. The number of nitrogens with zero attached hydrogens (tertiary/aromatic N) is 5. The zero-order valence-corrected chi connectivity index (χ0v) is 12.8. The van der Waals surface area contributed by atoms with Crippen molar-refractivity contribution in [2.24, 2.45) is 7.05 Å². The minimum Gasteiger partial charge on any atom is -0.288 e. The second-order valence-corrected chi connectivity index (χ2v) is 5.20. The van der Waals surface area contributed by atoms with Gasteiger partial charge in [-0.15, -0.1) is 5.10 Å². The molecule has 0 saturated heterocycles. The van der Waals surface area contributed by atoms with Gasteiger partial charge in [-0.2, -0.15) is 5.10 Å². The van der Waals surface area contributed by atoms with Crippen molar-refractivity contribution < 1.29 is 9.18 Å². The SMILES string of the molecule is Cn1ccc(C(=O)Nc2ncn(Cc3c(F)cccc3Cl)n2)n1. The highest BCUT2D eigenvalue weighted by Gasteiger charge is 2.13. The lowest BCUT2D eigenvalue weighted by molar-refractivity contribution is 0.102. The molecule has 23 heavy (non-hydrogen) atoms. The van der Waals surface area contributed by atoms with Crippen LogP contribution in [0.15, 0.2) is 36.8 Å². The number of hydrogen-bond acceptors (Lipinski definition) is 4. The molecule has 1 amide bonds. The van der Waals surface area contributed by atoms with E-state index in [4.69, 9.17) is 11.6 Å². The molecule has 1 aromatic carbocycles. The first-order valence-corrected chi connectivity index (χ1v) is 7.04. The van der Waals surface area contributed by atoms with Crippen LogP contribution in [0.3, 0.4) is 0 Å². The van der Waals surface area contributed by atoms with Crippen LogP contribution in [0.1, 0.15) is 16.1 Å². The van der Waals surface area contributed by atoms with Crippen molar-refractivity contribution in [3.63, 3.8) is 0 Å². The molecule has 0 unspecified atom stereocenters. The summed E-state index contributed by atoms with van der Waals surface area (Å²) in [7, 11) is 1.71. The third-order valence-corrected chi connectivity index (χ3v) is 3.44. The Labute approximate surface area is 135 Å². The Hall–Kier alpha value is -2.74. The molecule has 0 fully saturated rings. The lowest BCUT2D eigenvalue weighted by Crippen LogP contribution is -2.14. The fraction of sp³-hybridized carbons (Fsp3) is 0.143. The van der Waals surface area contributed by atoms with E-state index in [0.717, 1.165) is 0 Å². The Morgan fingerprint density at radius 2 is 2.17 bits per heavy atom. The molecule has 9 heteroatoms. The highest BCUT2D eigenvalue weighted by Crippen LogP contribution is 2.19. The van der Waals surface area contributed by atoms with Crippen LogP contribution in [-0.4, -0.2) is 30.5 Å². The van der Waals surface area contributed by atoms with E-state index in [2.05, 4.69) is 20.5 Å². The summed E-state index contributed by atoms with van der Waals surface area (Å²) < 4.78 is 16.7. The molecule has 1 N–H and O–H groups in total. The van der Waals surface area contributed by atoms with Gasteiger partial charge in [-0.25, -0.2) is 14.1 Å².